The third kappa shape index (κ3) is 4.04. The Morgan fingerprint density at radius 2 is 1.76 bits per heavy atom. The molecule has 0 radical (unpaired) electrons. The summed E-state index contributed by atoms with van der Waals surface area (Å²) in [5, 5.41) is 3.59. The van der Waals surface area contributed by atoms with E-state index in [-0.39, 0.29) is 16.8 Å². The minimum Gasteiger partial charge on any atom is -0.464 e. The van der Waals surface area contributed by atoms with E-state index in [1.165, 1.54) is 7.11 Å². The number of carbonyl (C=O) groups excluding carboxylic acids is 1. The molecule has 4 heteroatoms. The summed E-state index contributed by atoms with van der Waals surface area (Å²) < 4.78 is 4.61. The Hall–Kier alpha value is -1.03. The highest BCUT2D eigenvalue weighted by Crippen LogP contribution is 2.33. The van der Waals surface area contributed by atoms with E-state index in [0.29, 0.717) is 5.92 Å². The average Bonchev–Trinajstić information content (AvgIpc) is 2.11. The predicted molar refractivity (Wildman–Crippen MR) is 68.3 cm³/mol. The van der Waals surface area contributed by atoms with Crippen LogP contribution in [0.1, 0.15) is 40.5 Å². The van der Waals surface area contributed by atoms with Gasteiger partial charge in [-0.05, 0) is 46.5 Å². The molecule has 0 bridgehead atoms. The Balaban J connectivity index is 2.82. The first kappa shape index (κ1) is 14.0. The summed E-state index contributed by atoms with van der Waals surface area (Å²) in [7, 11) is 1.35. The van der Waals surface area contributed by atoms with Crippen molar-refractivity contribution >= 4 is 5.97 Å². The van der Waals surface area contributed by atoms with Gasteiger partial charge in [0, 0.05) is 11.1 Å². The molecule has 0 unspecified atom stereocenters. The molecule has 1 fully saturated rings. The Kier molecular flexibility index (Phi) is 3.87. The predicted octanol–water partition coefficient (Wildman–Crippen LogP) is 1.56. The van der Waals surface area contributed by atoms with E-state index < -0.39 is 5.97 Å². The SMILES string of the molecule is COC(=O)C(N)=CC1CC(C)(C)NC(C)(C)C1. The lowest BCUT2D eigenvalue weighted by Gasteiger charge is -2.45. The van der Waals surface area contributed by atoms with Crippen LogP contribution in [-0.2, 0) is 9.53 Å². The largest absolute Gasteiger partial charge is 0.464 e. The molecule has 0 atom stereocenters. The zero-order chi connectivity index (χ0) is 13.3. The Morgan fingerprint density at radius 3 is 2.18 bits per heavy atom. The second-order valence-electron chi connectivity index (χ2n) is 6.17. The van der Waals surface area contributed by atoms with Crippen LogP contribution in [0.25, 0.3) is 0 Å². The first-order valence-corrected chi connectivity index (χ1v) is 6.00. The number of nitrogens with two attached hydrogens (primary N) is 1. The quantitative estimate of drug-likeness (QED) is 0.568. The van der Waals surface area contributed by atoms with Crippen LogP contribution in [0.4, 0.5) is 0 Å². The van der Waals surface area contributed by atoms with Gasteiger partial charge in [-0.1, -0.05) is 6.08 Å². The lowest BCUT2D eigenvalue weighted by Crippen LogP contribution is -2.57. The van der Waals surface area contributed by atoms with Crippen molar-refractivity contribution < 1.29 is 9.53 Å². The third-order valence-electron chi connectivity index (χ3n) is 3.06. The summed E-state index contributed by atoms with van der Waals surface area (Å²) in [4.78, 5) is 11.3. The van der Waals surface area contributed by atoms with Gasteiger partial charge in [0.15, 0.2) is 0 Å². The lowest BCUT2D eigenvalue weighted by atomic mass is 9.75. The zero-order valence-corrected chi connectivity index (χ0v) is 11.5. The van der Waals surface area contributed by atoms with Crippen molar-refractivity contribution in [2.24, 2.45) is 11.7 Å². The topological polar surface area (TPSA) is 64.3 Å². The van der Waals surface area contributed by atoms with E-state index in [1.807, 2.05) is 6.08 Å². The Labute approximate surface area is 104 Å². The van der Waals surface area contributed by atoms with Crippen LogP contribution in [0.2, 0.25) is 0 Å². The van der Waals surface area contributed by atoms with E-state index in [2.05, 4.69) is 37.7 Å². The summed E-state index contributed by atoms with van der Waals surface area (Å²) >= 11 is 0. The summed E-state index contributed by atoms with van der Waals surface area (Å²) in [6, 6.07) is 0. The van der Waals surface area contributed by atoms with Crippen LogP contribution >= 0.6 is 0 Å². The fourth-order valence-corrected chi connectivity index (χ4v) is 2.96. The number of piperidine rings is 1. The molecule has 4 nitrogen and oxygen atoms in total. The van der Waals surface area contributed by atoms with E-state index in [4.69, 9.17) is 5.73 Å². The summed E-state index contributed by atoms with van der Waals surface area (Å²) in [6.07, 6.45) is 3.78. The highest BCUT2D eigenvalue weighted by molar-refractivity contribution is 5.87. The molecule has 0 saturated carbocycles. The number of rotatable bonds is 2. The molecule has 0 amide bonds. The Bertz CT molecular complexity index is 316. The Morgan fingerprint density at radius 1 is 1.29 bits per heavy atom. The van der Waals surface area contributed by atoms with Gasteiger partial charge < -0.3 is 15.8 Å². The van der Waals surface area contributed by atoms with E-state index in [9.17, 15) is 4.79 Å². The number of carbonyl (C=O) groups is 1. The van der Waals surface area contributed by atoms with Crippen LogP contribution in [0.5, 0.6) is 0 Å². The smallest absolute Gasteiger partial charge is 0.353 e. The van der Waals surface area contributed by atoms with Gasteiger partial charge in [0.25, 0.3) is 0 Å². The van der Waals surface area contributed by atoms with E-state index in [0.717, 1.165) is 12.8 Å². The number of hydrogen-bond acceptors (Lipinski definition) is 4. The second-order valence-corrected chi connectivity index (χ2v) is 6.17. The summed E-state index contributed by atoms with van der Waals surface area (Å²) in [6.45, 7) is 8.68. The van der Waals surface area contributed by atoms with Crippen LogP contribution in [0, 0.1) is 5.92 Å². The maximum absolute atomic E-state index is 11.3. The summed E-state index contributed by atoms with van der Waals surface area (Å²) in [5.74, 6) is -0.139. The van der Waals surface area contributed by atoms with Crippen LogP contribution in [0.15, 0.2) is 11.8 Å². The normalized spacial score (nSPS) is 24.4. The van der Waals surface area contributed by atoms with Gasteiger partial charge in [0.05, 0.1) is 7.11 Å². The van der Waals surface area contributed by atoms with Crippen molar-refractivity contribution in [2.45, 2.75) is 51.6 Å². The summed E-state index contributed by atoms with van der Waals surface area (Å²) in [5.41, 5.74) is 6.03. The molecule has 1 aliphatic rings. The van der Waals surface area contributed by atoms with Gasteiger partial charge in [0.2, 0.25) is 0 Å². The van der Waals surface area contributed by atoms with Crippen molar-refractivity contribution in [1.29, 1.82) is 0 Å². The molecule has 17 heavy (non-hydrogen) atoms. The molecule has 1 saturated heterocycles. The average molecular weight is 240 g/mol. The first-order chi connectivity index (χ1) is 7.65. The van der Waals surface area contributed by atoms with Crippen LogP contribution in [0.3, 0.4) is 0 Å². The number of hydrogen-bond donors (Lipinski definition) is 2. The molecule has 1 aliphatic heterocycles. The fraction of sp³-hybridized carbons (Fsp3) is 0.769. The number of ether oxygens (including phenoxy) is 1. The number of allylic oxidation sites excluding steroid dienone is 1. The molecule has 0 spiro atoms. The molecule has 0 aromatic heterocycles. The molecule has 0 aromatic carbocycles. The van der Waals surface area contributed by atoms with Crippen molar-refractivity contribution in [3.63, 3.8) is 0 Å². The van der Waals surface area contributed by atoms with Gasteiger partial charge in [-0.15, -0.1) is 0 Å². The van der Waals surface area contributed by atoms with Crippen LogP contribution in [-0.4, -0.2) is 24.2 Å². The standard InChI is InChI=1S/C13H24N2O2/c1-12(2)7-9(8-13(3,4)15-12)6-10(14)11(16)17-5/h6,9,15H,7-8,14H2,1-5H3. The molecule has 98 valence electrons. The van der Waals surface area contributed by atoms with Gasteiger partial charge in [-0.2, -0.15) is 0 Å². The maximum Gasteiger partial charge on any atom is 0.353 e. The number of nitrogens with one attached hydrogen (secondary N) is 1. The highest BCUT2D eigenvalue weighted by Gasteiger charge is 2.36. The van der Waals surface area contributed by atoms with E-state index >= 15 is 0 Å². The van der Waals surface area contributed by atoms with Crippen molar-refractivity contribution in [3.05, 3.63) is 11.8 Å². The molecule has 1 rings (SSSR count). The monoisotopic (exact) mass is 240 g/mol. The number of methoxy groups -OCH3 is 1. The molecule has 0 aliphatic carbocycles. The second kappa shape index (κ2) is 4.69. The van der Waals surface area contributed by atoms with Gasteiger partial charge in [0.1, 0.15) is 5.70 Å². The lowest BCUT2D eigenvalue weighted by molar-refractivity contribution is -0.136. The minimum absolute atomic E-state index is 0.0549. The maximum atomic E-state index is 11.3. The zero-order valence-electron chi connectivity index (χ0n) is 11.5. The van der Waals surface area contributed by atoms with Gasteiger partial charge in [-0.25, -0.2) is 4.79 Å². The highest BCUT2D eigenvalue weighted by atomic mass is 16.5. The molecular weight excluding hydrogens is 216 g/mol. The number of esters is 1. The van der Waals surface area contributed by atoms with E-state index in [1.54, 1.807) is 0 Å². The molecular formula is C13H24N2O2. The van der Waals surface area contributed by atoms with Crippen LogP contribution < -0.4 is 11.1 Å². The molecule has 1 heterocycles. The van der Waals surface area contributed by atoms with Crippen molar-refractivity contribution in [1.82, 2.24) is 5.32 Å². The molecule has 0 aromatic rings. The first-order valence-electron chi connectivity index (χ1n) is 6.00. The van der Waals surface area contributed by atoms with Crippen molar-refractivity contribution in [2.75, 3.05) is 7.11 Å². The third-order valence-corrected chi connectivity index (χ3v) is 3.06. The van der Waals surface area contributed by atoms with Gasteiger partial charge >= 0.3 is 5.97 Å². The fourth-order valence-electron chi connectivity index (χ4n) is 2.96. The van der Waals surface area contributed by atoms with Crippen molar-refractivity contribution in [3.8, 4) is 0 Å². The van der Waals surface area contributed by atoms with Gasteiger partial charge in [-0.3, -0.25) is 0 Å². The molecule has 3 N–H and O–H groups in total. The minimum atomic E-state index is -0.445.